The van der Waals surface area contributed by atoms with Gasteiger partial charge in [0.1, 0.15) is 5.60 Å². The highest BCUT2D eigenvalue weighted by Gasteiger charge is 2.29. The average Bonchev–Trinajstić information content (AvgIpc) is 3.42. The molecule has 6 heteroatoms. The molecule has 0 saturated heterocycles. The fourth-order valence-electron chi connectivity index (χ4n) is 2.32. The van der Waals surface area contributed by atoms with E-state index in [1.54, 1.807) is 6.92 Å². The normalized spacial score (nSPS) is 17.0. The Hall–Kier alpha value is -2.08. The Morgan fingerprint density at radius 3 is 2.50 bits per heavy atom. The Bertz CT molecular complexity index is 553. The number of amides is 1. The van der Waals surface area contributed by atoms with Gasteiger partial charge in [-0.05, 0) is 32.3 Å². The maximum Gasteiger partial charge on any atom is 0.223 e. The molecule has 1 amide bonds. The molecule has 1 fully saturated rings. The highest BCUT2D eigenvalue weighted by molar-refractivity contribution is 5.81. The third-order valence-electron chi connectivity index (χ3n) is 3.95. The van der Waals surface area contributed by atoms with Crippen LogP contribution < -0.4 is 16.0 Å². The van der Waals surface area contributed by atoms with Gasteiger partial charge in [0, 0.05) is 25.6 Å². The number of rotatable bonds is 8. The number of benzene rings is 1. The average molecular weight is 332 g/mol. The molecule has 0 aliphatic heterocycles. The van der Waals surface area contributed by atoms with Gasteiger partial charge < -0.3 is 21.1 Å². The molecule has 132 valence electrons. The van der Waals surface area contributed by atoms with E-state index < -0.39 is 5.60 Å². The molecular formula is C18H28N4O2. The molecule has 1 atom stereocenters. The van der Waals surface area contributed by atoms with Crippen molar-refractivity contribution in [2.45, 2.75) is 32.3 Å². The van der Waals surface area contributed by atoms with E-state index in [-0.39, 0.29) is 18.4 Å². The number of guanidine groups is 1. The van der Waals surface area contributed by atoms with Crippen molar-refractivity contribution in [3.8, 4) is 0 Å². The minimum atomic E-state index is -1.02. The van der Waals surface area contributed by atoms with Crippen molar-refractivity contribution in [2.24, 2.45) is 10.9 Å². The molecule has 4 N–H and O–H groups in total. The Morgan fingerprint density at radius 2 is 1.88 bits per heavy atom. The van der Waals surface area contributed by atoms with Crippen LogP contribution in [0.25, 0.3) is 0 Å². The van der Waals surface area contributed by atoms with E-state index >= 15 is 0 Å². The largest absolute Gasteiger partial charge is 0.384 e. The predicted molar refractivity (Wildman–Crippen MR) is 95.7 cm³/mol. The summed E-state index contributed by atoms with van der Waals surface area (Å²) in [6, 6.07) is 9.51. The maximum atomic E-state index is 11.6. The zero-order valence-electron chi connectivity index (χ0n) is 14.5. The van der Waals surface area contributed by atoms with Gasteiger partial charge in [0.2, 0.25) is 5.91 Å². The summed E-state index contributed by atoms with van der Waals surface area (Å²) in [5, 5.41) is 19.8. The molecule has 1 unspecified atom stereocenters. The first-order valence-electron chi connectivity index (χ1n) is 8.60. The van der Waals surface area contributed by atoms with Crippen molar-refractivity contribution in [2.75, 3.05) is 26.2 Å². The summed E-state index contributed by atoms with van der Waals surface area (Å²) in [6.45, 7) is 5.88. The quantitative estimate of drug-likeness (QED) is 0.325. The van der Waals surface area contributed by atoms with Gasteiger partial charge in [-0.3, -0.25) is 4.79 Å². The lowest BCUT2D eigenvalue weighted by molar-refractivity contribution is -0.122. The third-order valence-corrected chi connectivity index (χ3v) is 3.95. The van der Waals surface area contributed by atoms with Crippen molar-refractivity contribution >= 4 is 11.9 Å². The van der Waals surface area contributed by atoms with Crippen LogP contribution in [0.2, 0.25) is 0 Å². The number of carbonyl (C=O) groups is 1. The Morgan fingerprint density at radius 1 is 1.21 bits per heavy atom. The summed E-state index contributed by atoms with van der Waals surface area (Å²) in [5.41, 5.74) is -0.189. The van der Waals surface area contributed by atoms with Crippen molar-refractivity contribution in [3.63, 3.8) is 0 Å². The molecule has 24 heavy (non-hydrogen) atoms. The monoisotopic (exact) mass is 332 g/mol. The van der Waals surface area contributed by atoms with Crippen molar-refractivity contribution in [1.82, 2.24) is 16.0 Å². The lowest BCUT2D eigenvalue weighted by Gasteiger charge is -2.22. The van der Waals surface area contributed by atoms with Gasteiger partial charge >= 0.3 is 0 Å². The zero-order valence-corrected chi connectivity index (χ0v) is 14.5. The Balaban J connectivity index is 1.81. The Labute approximate surface area is 143 Å². The number of carbonyl (C=O) groups excluding carboxylic acids is 1. The lowest BCUT2D eigenvalue weighted by Crippen LogP contribution is -2.42. The standard InChI is InChI=1S/C18H28N4O2/c1-3-19-17(21-12-11-20-16(23)14-9-10-14)22-13-18(2,24)15-7-5-4-6-8-15/h4-8,14,24H,3,9-13H2,1-2H3,(H,20,23)(H2,19,21,22). The smallest absolute Gasteiger partial charge is 0.223 e. The van der Waals surface area contributed by atoms with Crippen LogP contribution >= 0.6 is 0 Å². The van der Waals surface area contributed by atoms with Gasteiger partial charge in [-0.1, -0.05) is 30.3 Å². The van der Waals surface area contributed by atoms with E-state index in [0.717, 1.165) is 24.9 Å². The minimum absolute atomic E-state index is 0.144. The molecule has 6 nitrogen and oxygen atoms in total. The van der Waals surface area contributed by atoms with E-state index in [1.165, 1.54) is 0 Å². The highest BCUT2D eigenvalue weighted by atomic mass is 16.3. The molecule has 0 aromatic heterocycles. The highest BCUT2D eigenvalue weighted by Crippen LogP contribution is 2.28. The molecule has 1 aromatic rings. The Kier molecular flexibility index (Phi) is 6.61. The number of hydrogen-bond acceptors (Lipinski definition) is 3. The third kappa shape index (κ3) is 5.85. The number of aliphatic imine (C=N–C) groups is 1. The molecule has 1 aromatic carbocycles. The minimum Gasteiger partial charge on any atom is -0.384 e. The van der Waals surface area contributed by atoms with Crippen LogP contribution in [-0.2, 0) is 10.4 Å². The van der Waals surface area contributed by atoms with Gasteiger partial charge in [0.15, 0.2) is 5.96 Å². The molecule has 1 saturated carbocycles. The molecule has 0 heterocycles. The van der Waals surface area contributed by atoms with Gasteiger partial charge in [0.05, 0.1) is 6.54 Å². The van der Waals surface area contributed by atoms with Crippen molar-refractivity contribution in [1.29, 1.82) is 0 Å². The van der Waals surface area contributed by atoms with E-state index in [4.69, 9.17) is 0 Å². The van der Waals surface area contributed by atoms with Crippen LogP contribution in [0.1, 0.15) is 32.3 Å². The van der Waals surface area contributed by atoms with Crippen molar-refractivity contribution < 1.29 is 9.90 Å². The second-order valence-corrected chi connectivity index (χ2v) is 6.33. The van der Waals surface area contributed by atoms with Gasteiger partial charge in [-0.25, -0.2) is 4.99 Å². The summed E-state index contributed by atoms with van der Waals surface area (Å²) in [4.78, 5) is 16.0. The first-order chi connectivity index (χ1) is 11.5. The van der Waals surface area contributed by atoms with Crippen LogP contribution in [0.3, 0.4) is 0 Å². The van der Waals surface area contributed by atoms with E-state index in [0.29, 0.717) is 19.0 Å². The zero-order chi connectivity index (χ0) is 17.4. The second-order valence-electron chi connectivity index (χ2n) is 6.33. The van der Waals surface area contributed by atoms with E-state index in [2.05, 4.69) is 20.9 Å². The molecule has 1 aliphatic rings. The van der Waals surface area contributed by atoms with Gasteiger partial charge in [-0.2, -0.15) is 0 Å². The fraction of sp³-hybridized carbons (Fsp3) is 0.556. The number of nitrogens with one attached hydrogen (secondary N) is 3. The van der Waals surface area contributed by atoms with Crippen LogP contribution in [0.5, 0.6) is 0 Å². The summed E-state index contributed by atoms with van der Waals surface area (Å²) >= 11 is 0. The van der Waals surface area contributed by atoms with E-state index in [9.17, 15) is 9.90 Å². The fourth-order valence-corrected chi connectivity index (χ4v) is 2.32. The first-order valence-corrected chi connectivity index (χ1v) is 8.60. The SMILES string of the molecule is CCNC(=NCC(C)(O)c1ccccc1)NCCNC(=O)C1CC1. The van der Waals surface area contributed by atoms with Crippen molar-refractivity contribution in [3.05, 3.63) is 35.9 Å². The molecule has 0 spiro atoms. The summed E-state index contributed by atoms with van der Waals surface area (Å²) < 4.78 is 0. The maximum absolute atomic E-state index is 11.6. The van der Waals surface area contributed by atoms with Gasteiger partial charge in [-0.15, -0.1) is 0 Å². The number of aliphatic hydroxyl groups is 1. The number of nitrogens with zero attached hydrogens (tertiary/aromatic N) is 1. The topological polar surface area (TPSA) is 85.8 Å². The predicted octanol–water partition coefficient (Wildman–Crippen LogP) is 0.975. The summed E-state index contributed by atoms with van der Waals surface area (Å²) in [5.74, 6) is 1.01. The number of hydrogen-bond donors (Lipinski definition) is 4. The molecule has 2 rings (SSSR count). The van der Waals surface area contributed by atoms with Crippen LogP contribution in [-0.4, -0.2) is 43.2 Å². The summed E-state index contributed by atoms with van der Waals surface area (Å²) in [6.07, 6.45) is 2.02. The first kappa shape index (κ1) is 18.3. The van der Waals surface area contributed by atoms with Crippen LogP contribution in [0, 0.1) is 5.92 Å². The van der Waals surface area contributed by atoms with Gasteiger partial charge in [0.25, 0.3) is 0 Å². The second kappa shape index (κ2) is 8.68. The van der Waals surface area contributed by atoms with Crippen LogP contribution in [0.15, 0.2) is 35.3 Å². The van der Waals surface area contributed by atoms with E-state index in [1.807, 2.05) is 37.3 Å². The molecule has 1 aliphatic carbocycles. The molecule has 0 radical (unpaired) electrons. The molecular weight excluding hydrogens is 304 g/mol. The summed E-state index contributed by atoms with van der Waals surface area (Å²) in [7, 11) is 0. The lowest BCUT2D eigenvalue weighted by atomic mass is 9.96. The molecule has 0 bridgehead atoms. The van der Waals surface area contributed by atoms with Crippen LogP contribution in [0.4, 0.5) is 0 Å².